The fourth-order valence-electron chi connectivity index (χ4n) is 1.17. The molecule has 1 amide bonds. The van der Waals surface area contributed by atoms with Gasteiger partial charge in [0, 0.05) is 0 Å². The molecule has 0 aliphatic heterocycles. The number of hydrogen-bond donors (Lipinski definition) is 1. The summed E-state index contributed by atoms with van der Waals surface area (Å²) in [6, 6.07) is 0. The number of nitrogens with one attached hydrogen (secondary N) is 1. The van der Waals surface area contributed by atoms with Gasteiger partial charge in [0.05, 0.1) is 17.3 Å². The van der Waals surface area contributed by atoms with E-state index >= 15 is 0 Å². The van der Waals surface area contributed by atoms with Gasteiger partial charge in [-0.25, -0.2) is 4.68 Å². The van der Waals surface area contributed by atoms with Crippen molar-refractivity contribution in [2.75, 3.05) is 6.54 Å². The van der Waals surface area contributed by atoms with Crippen molar-refractivity contribution in [3.63, 3.8) is 0 Å². The van der Waals surface area contributed by atoms with E-state index in [2.05, 4.69) is 26.8 Å². The van der Waals surface area contributed by atoms with Crippen LogP contribution in [0.3, 0.4) is 0 Å². The molecule has 0 aliphatic rings. The molecule has 1 heterocycles. The standard InChI is InChI=1S/C11H17N5OS/c1-6-7-12-9(17)8(2)18-10-13-14-15-16(10)11(3,4)5/h1,8H,7H2,2-5H3,(H,12,17). The Kier molecular flexibility index (Phi) is 4.73. The maximum atomic E-state index is 11.7. The zero-order valence-corrected chi connectivity index (χ0v) is 11.8. The van der Waals surface area contributed by atoms with Crippen molar-refractivity contribution in [1.29, 1.82) is 0 Å². The van der Waals surface area contributed by atoms with Crippen molar-refractivity contribution >= 4 is 17.7 Å². The van der Waals surface area contributed by atoms with E-state index in [0.29, 0.717) is 5.16 Å². The zero-order valence-electron chi connectivity index (χ0n) is 11.0. The molecule has 1 rings (SSSR count). The Morgan fingerprint density at radius 1 is 1.61 bits per heavy atom. The Bertz CT molecular complexity index is 457. The molecule has 1 aromatic rings. The summed E-state index contributed by atoms with van der Waals surface area (Å²) < 4.78 is 1.70. The molecule has 18 heavy (non-hydrogen) atoms. The summed E-state index contributed by atoms with van der Waals surface area (Å²) in [4.78, 5) is 11.7. The predicted molar refractivity (Wildman–Crippen MR) is 70.0 cm³/mol. The number of rotatable bonds is 4. The number of nitrogens with zero attached hydrogens (tertiary/aromatic N) is 4. The Morgan fingerprint density at radius 2 is 2.28 bits per heavy atom. The molecule has 1 atom stereocenters. The molecular formula is C11H17N5OS. The molecule has 0 bridgehead atoms. The SMILES string of the molecule is C#CCNC(=O)C(C)Sc1nnnn1C(C)(C)C. The van der Waals surface area contributed by atoms with Gasteiger partial charge in [-0.3, -0.25) is 4.79 Å². The van der Waals surface area contributed by atoms with Gasteiger partial charge in [0.2, 0.25) is 11.1 Å². The average molecular weight is 267 g/mol. The smallest absolute Gasteiger partial charge is 0.234 e. The second kappa shape index (κ2) is 5.87. The first-order chi connectivity index (χ1) is 8.36. The Balaban J connectivity index is 2.71. The molecule has 1 unspecified atom stereocenters. The first-order valence-electron chi connectivity index (χ1n) is 5.53. The first-order valence-corrected chi connectivity index (χ1v) is 6.41. The number of thioether (sulfide) groups is 1. The van der Waals surface area contributed by atoms with E-state index in [1.807, 2.05) is 20.8 Å². The maximum Gasteiger partial charge on any atom is 0.234 e. The molecule has 0 radical (unpaired) electrons. The van der Waals surface area contributed by atoms with E-state index in [0.717, 1.165) is 0 Å². The third-order valence-corrected chi connectivity index (χ3v) is 3.13. The lowest BCUT2D eigenvalue weighted by molar-refractivity contribution is -0.120. The summed E-state index contributed by atoms with van der Waals surface area (Å²) in [7, 11) is 0. The number of carbonyl (C=O) groups is 1. The van der Waals surface area contributed by atoms with Crippen molar-refractivity contribution in [3.8, 4) is 12.3 Å². The van der Waals surface area contributed by atoms with E-state index in [1.54, 1.807) is 11.6 Å². The number of amides is 1. The Hall–Kier alpha value is -1.55. The fourth-order valence-corrected chi connectivity index (χ4v) is 2.17. The van der Waals surface area contributed by atoms with Crippen molar-refractivity contribution in [1.82, 2.24) is 25.5 Å². The quantitative estimate of drug-likeness (QED) is 0.641. The average Bonchev–Trinajstić information content (AvgIpc) is 2.73. The summed E-state index contributed by atoms with van der Waals surface area (Å²) >= 11 is 1.31. The van der Waals surface area contributed by atoms with Gasteiger partial charge in [0.15, 0.2) is 0 Å². The van der Waals surface area contributed by atoms with Crippen LogP contribution < -0.4 is 5.32 Å². The van der Waals surface area contributed by atoms with Gasteiger partial charge in [-0.2, -0.15) is 0 Å². The summed E-state index contributed by atoms with van der Waals surface area (Å²) in [6.07, 6.45) is 5.09. The molecule has 1 aromatic heterocycles. The topological polar surface area (TPSA) is 72.7 Å². The minimum absolute atomic E-state index is 0.124. The van der Waals surface area contributed by atoms with Crippen LogP contribution in [0.15, 0.2) is 5.16 Å². The van der Waals surface area contributed by atoms with Crippen molar-refractivity contribution in [2.45, 2.75) is 43.6 Å². The van der Waals surface area contributed by atoms with E-state index < -0.39 is 0 Å². The van der Waals surface area contributed by atoms with Crippen LogP contribution in [0.5, 0.6) is 0 Å². The fraction of sp³-hybridized carbons (Fsp3) is 0.636. The van der Waals surface area contributed by atoms with Gasteiger partial charge in [-0.05, 0) is 38.1 Å². The molecule has 0 saturated heterocycles. The van der Waals surface area contributed by atoms with Crippen LogP contribution in [0.25, 0.3) is 0 Å². The van der Waals surface area contributed by atoms with Crippen LogP contribution in [0, 0.1) is 12.3 Å². The molecule has 0 spiro atoms. The molecule has 0 fully saturated rings. The molecule has 6 nitrogen and oxygen atoms in total. The monoisotopic (exact) mass is 267 g/mol. The van der Waals surface area contributed by atoms with Crippen molar-refractivity contribution in [3.05, 3.63) is 0 Å². The van der Waals surface area contributed by atoms with Crippen LogP contribution in [-0.4, -0.2) is 37.9 Å². The number of hydrogen-bond acceptors (Lipinski definition) is 5. The van der Waals surface area contributed by atoms with Gasteiger partial charge in [-0.1, -0.05) is 17.7 Å². The Morgan fingerprint density at radius 3 is 2.83 bits per heavy atom. The largest absolute Gasteiger partial charge is 0.344 e. The molecule has 0 saturated carbocycles. The molecule has 1 N–H and O–H groups in total. The molecule has 7 heteroatoms. The van der Waals surface area contributed by atoms with E-state index in [-0.39, 0.29) is 23.2 Å². The summed E-state index contributed by atoms with van der Waals surface area (Å²) in [5.74, 6) is 2.24. The highest BCUT2D eigenvalue weighted by Gasteiger charge is 2.23. The van der Waals surface area contributed by atoms with Crippen molar-refractivity contribution < 1.29 is 4.79 Å². The summed E-state index contributed by atoms with van der Waals surface area (Å²) in [5, 5.41) is 14.4. The molecule has 0 aliphatic carbocycles. The van der Waals surface area contributed by atoms with Crippen LogP contribution in [0.1, 0.15) is 27.7 Å². The van der Waals surface area contributed by atoms with Crippen LogP contribution >= 0.6 is 11.8 Å². The van der Waals surface area contributed by atoms with Crippen molar-refractivity contribution in [2.24, 2.45) is 0 Å². The second-order valence-corrected chi connectivity index (χ2v) is 6.03. The molecular weight excluding hydrogens is 250 g/mol. The number of aromatic nitrogens is 4. The van der Waals surface area contributed by atoms with E-state index in [4.69, 9.17) is 6.42 Å². The number of terminal acetylenes is 1. The second-order valence-electron chi connectivity index (χ2n) is 4.73. The highest BCUT2D eigenvalue weighted by molar-refractivity contribution is 8.00. The maximum absolute atomic E-state index is 11.7. The van der Waals surface area contributed by atoms with Gasteiger partial charge >= 0.3 is 0 Å². The Labute approximate surface area is 111 Å². The zero-order chi connectivity index (χ0) is 13.8. The van der Waals surface area contributed by atoms with Crippen LogP contribution in [-0.2, 0) is 10.3 Å². The highest BCUT2D eigenvalue weighted by Crippen LogP contribution is 2.24. The minimum Gasteiger partial charge on any atom is -0.344 e. The van der Waals surface area contributed by atoms with Gasteiger partial charge < -0.3 is 5.32 Å². The minimum atomic E-state index is -0.301. The van der Waals surface area contributed by atoms with Gasteiger partial charge in [-0.15, -0.1) is 11.5 Å². The normalized spacial score (nSPS) is 12.8. The lowest BCUT2D eigenvalue weighted by atomic mass is 10.1. The van der Waals surface area contributed by atoms with Crippen LogP contribution in [0.4, 0.5) is 0 Å². The van der Waals surface area contributed by atoms with Gasteiger partial charge in [0.25, 0.3) is 0 Å². The predicted octanol–water partition coefficient (Wildman–Crippen LogP) is 0.658. The van der Waals surface area contributed by atoms with E-state index in [9.17, 15) is 4.79 Å². The number of carbonyl (C=O) groups excluding carboxylic acids is 1. The summed E-state index contributed by atoms with van der Waals surface area (Å²) in [6.45, 7) is 8.01. The third kappa shape index (κ3) is 3.74. The molecule has 0 aromatic carbocycles. The van der Waals surface area contributed by atoms with Gasteiger partial charge in [0.1, 0.15) is 0 Å². The van der Waals surface area contributed by atoms with E-state index in [1.165, 1.54) is 11.8 Å². The lowest BCUT2D eigenvalue weighted by Gasteiger charge is -2.20. The highest BCUT2D eigenvalue weighted by atomic mass is 32.2. The molecule has 98 valence electrons. The van der Waals surface area contributed by atoms with Crippen LogP contribution in [0.2, 0.25) is 0 Å². The number of tetrazole rings is 1. The summed E-state index contributed by atoms with van der Waals surface area (Å²) in [5.41, 5.74) is -0.221. The third-order valence-electron chi connectivity index (χ3n) is 2.09. The first kappa shape index (κ1) is 14.5. The lowest BCUT2D eigenvalue weighted by Crippen LogP contribution is -2.32.